The predicted molar refractivity (Wildman–Crippen MR) is 104 cm³/mol. The number of fused-ring (bicyclic) bond motifs is 1. The van der Waals surface area contributed by atoms with Crippen molar-refractivity contribution in [2.24, 2.45) is 0 Å². The van der Waals surface area contributed by atoms with Crippen LogP contribution in [0.4, 0.5) is 4.79 Å². The molecular weight excluding hydrogens is 356 g/mol. The van der Waals surface area contributed by atoms with Gasteiger partial charge in [0.05, 0.1) is 13.1 Å². The number of amides is 4. The van der Waals surface area contributed by atoms with Crippen LogP contribution in [-0.4, -0.2) is 42.4 Å². The van der Waals surface area contributed by atoms with E-state index >= 15 is 0 Å². The summed E-state index contributed by atoms with van der Waals surface area (Å²) < 4.78 is 0. The Morgan fingerprint density at radius 3 is 2.82 bits per heavy atom. The Labute approximate surface area is 163 Å². The van der Waals surface area contributed by atoms with E-state index in [1.807, 2.05) is 12.1 Å². The van der Waals surface area contributed by atoms with Crippen molar-refractivity contribution in [2.45, 2.75) is 19.0 Å². The molecule has 2 heterocycles. The van der Waals surface area contributed by atoms with Crippen molar-refractivity contribution in [3.8, 4) is 0 Å². The Hall–Kier alpha value is -3.19. The Bertz CT molecular complexity index is 911. The molecule has 2 aromatic rings. The molecule has 0 radical (unpaired) electrons. The quantitative estimate of drug-likeness (QED) is 0.685. The number of hydrogen-bond donors (Lipinski definition) is 3. The van der Waals surface area contributed by atoms with Crippen molar-refractivity contribution in [3.63, 3.8) is 0 Å². The lowest BCUT2D eigenvalue weighted by Crippen LogP contribution is -2.38. The highest BCUT2D eigenvalue weighted by atomic mass is 16.2. The van der Waals surface area contributed by atoms with Crippen LogP contribution in [0.3, 0.4) is 0 Å². The monoisotopic (exact) mass is 378 g/mol. The topological polar surface area (TPSA) is 90.5 Å². The first-order chi connectivity index (χ1) is 13.6. The number of rotatable bonds is 5. The van der Waals surface area contributed by atoms with E-state index in [2.05, 4.69) is 28.1 Å². The summed E-state index contributed by atoms with van der Waals surface area (Å²) >= 11 is 0. The number of urea groups is 1. The normalized spacial score (nSPS) is 18.6. The fraction of sp³-hybridized carbons (Fsp3) is 0.286. The zero-order valence-corrected chi connectivity index (χ0v) is 15.4. The number of benzene rings is 2. The van der Waals surface area contributed by atoms with E-state index < -0.39 is 6.03 Å². The van der Waals surface area contributed by atoms with Crippen LogP contribution in [0, 0.1) is 0 Å². The van der Waals surface area contributed by atoms with Gasteiger partial charge in [0.15, 0.2) is 0 Å². The maximum absolute atomic E-state index is 12.6. The largest absolute Gasteiger partial charge is 0.350 e. The zero-order valence-electron chi connectivity index (χ0n) is 15.4. The molecule has 0 aromatic heterocycles. The third kappa shape index (κ3) is 3.75. The molecule has 3 N–H and O–H groups in total. The highest BCUT2D eigenvalue weighted by Gasteiger charge is 2.28. The van der Waals surface area contributed by atoms with Crippen LogP contribution in [0.5, 0.6) is 0 Å². The number of nitrogens with one attached hydrogen (secondary N) is 3. The fourth-order valence-electron chi connectivity index (χ4n) is 3.68. The average molecular weight is 378 g/mol. The van der Waals surface area contributed by atoms with Gasteiger partial charge < -0.3 is 16.0 Å². The Morgan fingerprint density at radius 2 is 2.00 bits per heavy atom. The van der Waals surface area contributed by atoms with Crippen LogP contribution in [0.2, 0.25) is 0 Å². The van der Waals surface area contributed by atoms with Crippen LogP contribution in [0.25, 0.3) is 0 Å². The molecule has 4 amide bonds. The molecule has 0 spiro atoms. The van der Waals surface area contributed by atoms with E-state index in [4.69, 9.17) is 0 Å². The first-order valence-corrected chi connectivity index (χ1v) is 9.38. The Kier molecular flexibility index (Phi) is 5.08. The summed E-state index contributed by atoms with van der Waals surface area (Å²) in [5.41, 5.74) is 3.78. The molecule has 2 aliphatic heterocycles. The third-order valence-electron chi connectivity index (χ3n) is 5.15. The molecular formula is C21H22N4O3. The van der Waals surface area contributed by atoms with Crippen molar-refractivity contribution < 1.29 is 14.4 Å². The van der Waals surface area contributed by atoms with Gasteiger partial charge in [-0.2, -0.15) is 0 Å². The molecule has 7 heteroatoms. The lowest BCUT2D eigenvalue weighted by atomic mass is 9.94. The number of carbonyl (C=O) groups is 3. The summed E-state index contributed by atoms with van der Waals surface area (Å²) in [6, 6.07) is 15.0. The molecule has 0 saturated carbocycles. The standard InChI is InChI=1S/C21H22N4O3/c26-19-12-24-21(28)25(19)13-14-4-3-6-16(10-14)20(27)23-11-18-17-7-2-1-5-15(17)8-9-22-18/h1-7,10,18,22H,8-9,11-13H2,(H,23,27)(H,24,28). The minimum absolute atomic E-state index is 0.0227. The fourth-order valence-corrected chi connectivity index (χ4v) is 3.68. The molecule has 2 aromatic carbocycles. The second-order valence-corrected chi connectivity index (χ2v) is 7.00. The molecule has 1 atom stereocenters. The van der Waals surface area contributed by atoms with Crippen LogP contribution in [0.1, 0.15) is 33.1 Å². The minimum Gasteiger partial charge on any atom is -0.350 e. The molecule has 7 nitrogen and oxygen atoms in total. The maximum Gasteiger partial charge on any atom is 0.324 e. The summed E-state index contributed by atoms with van der Waals surface area (Å²) in [4.78, 5) is 37.2. The van der Waals surface area contributed by atoms with Crippen molar-refractivity contribution in [1.29, 1.82) is 0 Å². The molecule has 144 valence electrons. The van der Waals surface area contributed by atoms with E-state index in [1.165, 1.54) is 11.1 Å². The maximum atomic E-state index is 12.6. The molecule has 1 unspecified atom stereocenters. The first-order valence-electron chi connectivity index (χ1n) is 9.38. The predicted octanol–water partition coefficient (Wildman–Crippen LogP) is 1.36. The highest BCUT2D eigenvalue weighted by molar-refractivity contribution is 6.02. The van der Waals surface area contributed by atoms with Gasteiger partial charge in [-0.15, -0.1) is 0 Å². The van der Waals surface area contributed by atoms with E-state index in [1.54, 1.807) is 24.3 Å². The van der Waals surface area contributed by atoms with E-state index in [0.29, 0.717) is 12.1 Å². The smallest absolute Gasteiger partial charge is 0.324 e. The Morgan fingerprint density at radius 1 is 1.14 bits per heavy atom. The summed E-state index contributed by atoms with van der Waals surface area (Å²) in [5, 5.41) is 8.93. The van der Waals surface area contributed by atoms with Crippen molar-refractivity contribution in [3.05, 3.63) is 70.8 Å². The lowest BCUT2D eigenvalue weighted by molar-refractivity contribution is -0.125. The van der Waals surface area contributed by atoms with Gasteiger partial charge in [0.2, 0.25) is 5.91 Å². The summed E-state index contributed by atoms with van der Waals surface area (Å²) in [6.45, 7) is 1.56. The van der Waals surface area contributed by atoms with Gasteiger partial charge in [-0.25, -0.2) is 4.79 Å². The van der Waals surface area contributed by atoms with Gasteiger partial charge in [0, 0.05) is 18.2 Å². The van der Waals surface area contributed by atoms with E-state index in [9.17, 15) is 14.4 Å². The summed E-state index contributed by atoms with van der Waals surface area (Å²) in [5.74, 6) is -0.439. The number of carbonyl (C=O) groups excluding carboxylic acids is 3. The highest BCUT2D eigenvalue weighted by Crippen LogP contribution is 2.22. The van der Waals surface area contributed by atoms with Crippen molar-refractivity contribution >= 4 is 17.8 Å². The van der Waals surface area contributed by atoms with Crippen LogP contribution in [0.15, 0.2) is 48.5 Å². The van der Waals surface area contributed by atoms with Crippen LogP contribution < -0.4 is 16.0 Å². The molecule has 1 saturated heterocycles. The zero-order chi connectivity index (χ0) is 19.5. The van der Waals surface area contributed by atoms with Crippen LogP contribution in [-0.2, 0) is 17.8 Å². The van der Waals surface area contributed by atoms with Gasteiger partial charge in [-0.05, 0) is 41.8 Å². The molecule has 2 aliphatic rings. The summed E-state index contributed by atoms with van der Waals surface area (Å²) in [6.07, 6.45) is 0.992. The second-order valence-electron chi connectivity index (χ2n) is 7.00. The average Bonchev–Trinajstić information content (AvgIpc) is 3.04. The first kappa shape index (κ1) is 18.2. The lowest BCUT2D eigenvalue weighted by Gasteiger charge is -2.27. The minimum atomic E-state index is -0.401. The molecule has 28 heavy (non-hydrogen) atoms. The summed E-state index contributed by atoms with van der Waals surface area (Å²) in [7, 11) is 0. The molecule has 1 fully saturated rings. The van der Waals surface area contributed by atoms with Crippen molar-refractivity contribution in [2.75, 3.05) is 19.6 Å². The van der Waals surface area contributed by atoms with Crippen LogP contribution >= 0.6 is 0 Å². The van der Waals surface area contributed by atoms with Gasteiger partial charge >= 0.3 is 6.03 Å². The SMILES string of the molecule is O=C(NCC1NCCc2ccccc21)c1cccc(CN2C(=O)CNC2=O)c1. The van der Waals surface area contributed by atoms with E-state index in [0.717, 1.165) is 23.4 Å². The van der Waals surface area contributed by atoms with Gasteiger partial charge in [0.1, 0.15) is 0 Å². The van der Waals surface area contributed by atoms with Gasteiger partial charge in [0.25, 0.3) is 5.91 Å². The van der Waals surface area contributed by atoms with Crippen molar-refractivity contribution in [1.82, 2.24) is 20.9 Å². The van der Waals surface area contributed by atoms with Gasteiger partial charge in [-0.1, -0.05) is 36.4 Å². The number of imide groups is 1. The van der Waals surface area contributed by atoms with E-state index in [-0.39, 0.29) is 30.9 Å². The van der Waals surface area contributed by atoms with Gasteiger partial charge in [-0.3, -0.25) is 14.5 Å². The molecule has 0 bridgehead atoms. The number of nitrogens with zero attached hydrogens (tertiary/aromatic N) is 1. The number of hydrogen-bond acceptors (Lipinski definition) is 4. The Balaban J connectivity index is 1.40. The third-order valence-corrected chi connectivity index (χ3v) is 5.15. The molecule has 0 aliphatic carbocycles. The second kappa shape index (κ2) is 7.82. The molecule has 4 rings (SSSR count).